The van der Waals surface area contributed by atoms with Crippen LogP contribution in [0.4, 0.5) is 13.2 Å². The van der Waals surface area contributed by atoms with Crippen LogP contribution in [0.15, 0.2) is 11.6 Å². The molecule has 0 bridgehead atoms. The van der Waals surface area contributed by atoms with E-state index in [1.54, 1.807) is 0 Å². The highest BCUT2D eigenvalue weighted by Gasteiger charge is 2.35. The zero-order valence-electron chi connectivity index (χ0n) is 12.6. The summed E-state index contributed by atoms with van der Waals surface area (Å²) in [5.41, 5.74) is 5.04. The van der Waals surface area contributed by atoms with E-state index in [-0.39, 0.29) is 25.4 Å². The summed E-state index contributed by atoms with van der Waals surface area (Å²) >= 11 is 0. The molecule has 0 spiro atoms. The fraction of sp³-hybridized carbons (Fsp3) is 0.800. The fourth-order valence-electron chi connectivity index (χ4n) is 2.72. The largest absolute Gasteiger partial charge is 0.412 e. The zero-order valence-corrected chi connectivity index (χ0v) is 12.6. The van der Waals surface area contributed by atoms with Crippen LogP contribution in [0.2, 0.25) is 0 Å². The van der Waals surface area contributed by atoms with Gasteiger partial charge in [-0.2, -0.15) is 13.2 Å². The molecule has 0 saturated heterocycles. The average molecular weight is 306 g/mol. The fourth-order valence-corrected chi connectivity index (χ4v) is 2.72. The van der Waals surface area contributed by atoms with Crippen molar-refractivity contribution in [2.45, 2.75) is 51.6 Å². The number of nitrogens with two attached hydrogens (primary N) is 1. The van der Waals surface area contributed by atoms with Crippen LogP contribution >= 0.6 is 0 Å². The Bertz CT molecular complexity index is 360. The van der Waals surface area contributed by atoms with Crippen molar-refractivity contribution in [2.75, 3.05) is 19.6 Å². The average Bonchev–Trinajstić information content (AvgIpc) is 2.44. The lowest BCUT2D eigenvalue weighted by Gasteiger charge is -2.28. The summed E-state index contributed by atoms with van der Waals surface area (Å²) in [5.74, 6) is 0.389. The van der Waals surface area contributed by atoms with E-state index in [1.807, 2.05) is 0 Å². The minimum absolute atomic E-state index is 0.0504. The number of alkyl halides is 3. The molecule has 122 valence electrons. The van der Waals surface area contributed by atoms with Crippen LogP contribution in [-0.2, 0) is 4.79 Å². The van der Waals surface area contributed by atoms with E-state index in [0.717, 1.165) is 31.8 Å². The Labute approximate surface area is 124 Å². The van der Waals surface area contributed by atoms with Crippen LogP contribution in [0, 0.1) is 5.92 Å². The lowest BCUT2D eigenvalue weighted by atomic mass is 9.94. The number of carbonyl (C=O) groups is 1. The molecule has 1 unspecified atom stereocenters. The van der Waals surface area contributed by atoms with Gasteiger partial charge in [0.15, 0.2) is 0 Å². The molecule has 0 radical (unpaired) electrons. The Kier molecular flexibility index (Phi) is 7.22. The van der Waals surface area contributed by atoms with Crippen molar-refractivity contribution in [3.05, 3.63) is 11.6 Å². The Morgan fingerprint density at radius 3 is 2.57 bits per heavy atom. The third-order valence-electron chi connectivity index (χ3n) is 3.96. The van der Waals surface area contributed by atoms with Gasteiger partial charge in [-0.05, 0) is 31.7 Å². The van der Waals surface area contributed by atoms with Gasteiger partial charge in [0.25, 0.3) is 0 Å². The van der Waals surface area contributed by atoms with Crippen LogP contribution in [0.3, 0.4) is 0 Å². The molecule has 0 aromatic heterocycles. The normalized spacial score (nSPS) is 17.6. The zero-order chi connectivity index (χ0) is 15.9. The lowest BCUT2D eigenvalue weighted by Crippen LogP contribution is -2.36. The van der Waals surface area contributed by atoms with E-state index in [4.69, 9.17) is 5.73 Å². The summed E-state index contributed by atoms with van der Waals surface area (Å²) in [6, 6.07) is 0. The molecule has 6 heteroatoms. The molecular formula is C15H25F3N2O. The Hall–Kier alpha value is -1.04. The number of carbonyl (C=O) groups excluding carboxylic acids is 1. The lowest BCUT2D eigenvalue weighted by molar-refractivity contribution is -0.132. The maximum absolute atomic E-state index is 12.5. The van der Waals surface area contributed by atoms with Gasteiger partial charge in [0, 0.05) is 25.1 Å². The van der Waals surface area contributed by atoms with E-state index in [0.29, 0.717) is 18.9 Å². The highest BCUT2D eigenvalue weighted by atomic mass is 19.4. The molecule has 0 fully saturated rings. The smallest absolute Gasteiger partial charge is 0.339 e. The molecule has 1 aliphatic heterocycles. The standard InChI is InChI=1S/C15H25F3N2O/c1-2-3-12(6-9-19)4-5-14(21)20-10-7-13(8-11-20)15(16,17)18/h7,12H,2-6,8-11,19H2,1H3. The highest BCUT2D eigenvalue weighted by molar-refractivity contribution is 5.76. The van der Waals surface area contributed by atoms with Crippen molar-refractivity contribution in [1.82, 2.24) is 4.90 Å². The second-order valence-electron chi connectivity index (χ2n) is 5.59. The minimum Gasteiger partial charge on any atom is -0.339 e. The molecule has 1 rings (SSSR count). The molecular weight excluding hydrogens is 281 g/mol. The molecule has 2 N–H and O–H groups in total. The van der Waals surface area contributed by atoms with Crippen LogP contribution in [0.5, 0.6) is 0 Å². The Morgan fingerprint density at radius 2 is 2.10 bits per heavy atom. The molecule has 1 aliphatic rings. The second kappa shape index (κ2) is 8.41. The minimum atomic E-state index is -4.26. The van der Waals surface area contributed by atoms with Gasteiger partial charge in [-0.1, -0.05) is 25.8 Å². The molecule has 1 atom stereocenters. The monoisotopic (exact) mass is 306 g/mol. The molecule has 0 aromatic carbocycles. The predicted octanol–water partition coefficient (Wildman–Crippen LogP) is 3.25. The summed E-state index contributed by atoms with van der Waals surface area (Å²) in [5, 5.41) is 0. The van der Waals surface area contributed by atoms with E-state index in [9.17, 15) is 18.0 Å². The summed E-state index contributed by atoms with van der Waals surface area (Å²) in [4.78, 5) is 13.6. The number of hydrogen-bond acceptors (Lipinski definition) is 2. The van der Waals surface area contributed by atoms with Crippen molar-refractivity contribution < 1.29 is 18.0 Å². The summed E-state index contributed by atoms with van der Waals surface area (Å²) < 4.78 is 37.5. The molecule has 0 aromatic rings. The van der Waals surface area contributed by atoms with Crippen LogP contribution in [0.25, 0.3) is 0 Å². The number of amides is 1. The topological polar surface area (TPSA) is 46.3 Å². The number of rotatable bonds is 7. The molecule has 3 nitrogen and oxygen atoms in total. The van der Waals surface area contributed by atoms with Crippen molar-refractivity contribution >= 4 is 5.91 Å². The van der Waals surface area contributed by atoms with Crippen molar-refractivity contribution in [2.24, 2.45) is 11.7 Å². The number of hydrogen-bond donors (Lipinski definition) is 1. The summed E-state index contributed by atoms with van der Waals surface area (Å²) in [7, 11) is 0. The molecule has 0 aliphatic carbocycles. The van der Waals surface area contributed by atoms with Gasteiger partial charge in [-0.15, -0.1) is 0 Å². The molecule has 0 saturated carbocycles. The van der Waals surface area contributed by atoms with Crippen molar-refractivity contribution in [3.63, 3.8) is 0 Å². The SMILES string of the molecule is CCCC(CCN)CCC(=O)N1CC=C(C(F)(F)F)CC1. The maximum Gasteiger partial charge on any atom is 0.412 e. The summed E-state index contributed by atoms with van der Waals surface area (Å²) in [6.45, 7) is 2.95. The number of nitrogens with zero attached hydrogens (tertiary/aromatic N) is 1. The van der Waals surface area contributed by atoms with E-state index in [1.165, 1.54) is 4.90 Å². The van der Waals surface area contributed by atoms with Crippen molar-refractivity contribution in [1.29, 1.82) is 0 Å². The molecule has 1 heterocycles. The van der Waals surface area contributed by atoms with E-state index < -0.39 is 11.7 Å². The van der Waals surface area contributed by atoms with Gasteiger partial charge < -0.3 is 10.6 Å². The summed E-state index contributed by atoms with van der Waals surface area (Å²) in [6.07, 6.45) is 0.946. The first kappa shape index (κ1) is 18.0. The van der Waals surface area contributed by atoms with E-state index in [2.05, 4.69) is 6.92 Å². The van der Waals surface area contributed by atoms with Gasteiger partial charge in [0.05, 0.1) is 0 Å². The highest BCUT2D eigenvalue weighted by Crippen LogP contribution is 2.30. The third-order valence-corrected chi connectivity index (χ3v) is 3.96. The first-order valence-electron chi connectivity index (χ1n) is 7.62. The van der Waals surface area contributed by atoms with Gasteiger partial charge in [-0.25, -0.2) is 0 Å². The molecule has 21 heavy (non-hydrogen) atoms. The predicted molar refractivity (Wildman–Crippen MR) is 76.6 cm³/mol. The van der Waals surface area contributed by atoms with Gasteiger partial charge >= 0.3 is 6.18 Å². The quantitative estimate of drug-likeness (QED) is 0.734. The van der Waals surface area contributed by atoms with Crippen LogP contribution in [-0.4, -0.2) is 36.6 Å². The van der Waals surface area contributed by atoms with Crippen LogP contribution < -0.4 is 5.73 Å². The Morgan fingerprint density at radius 1 is 1.38 bits per heavy atom. The maximum atomic E-state index is 12.5. The number of halogens is 3. The first-order chi connectivity index (χ1) is 9.88. The van der Waals surface area contributed by atoms with Crippen LogP contribution in [0.1, 0.15) is 45.4 Å². The van der Waals surface area contributed by atoms with Gasteiger partial charge in [0.1, 0.15) is 0 Å². The van der Waals surface area contributed by atoms with Gasteiger partial charge in [-0.3, -0.25) is 4.79 Å². The van der Waals surface area contributed by atoms with Crippen molar-refractivity contribution in [3.8, 4) is 0 Å². The second-order valence-corrected chi connectivity index (χ2v) is 5.59. The van der Waals surface area contributed by atoms with E-state index >= 15 is 0 Å². The van der Waals surface area contributed by atoms with Gasteiger partial charge in [0.2, 0.25) is 5.91 Å². The third kappa shape index (κ3) is 6.08. The Balaban J connectivity index is 2.42. The first-order valence-corrected chi connectivity index (χ1v) is 7.62. The molecule has 1 amide bonds.